The normalized spacial score (nSPS) is 13.3. The number of amides is 1. The van der Waals surface area contributed by atoms with Crippen molar-refractivity contribution in [1.29, 1.82) is 0 Å². The summed E-state index contributed by atoms with van der Waals surface area (Å²) in [6.07, 6.45) is 4.54. The van der Waals surface area contributed by atoms with Crippen LogP contribution in [0.2, 0.25) is 0 Å². The first kappa shape index (κ1) is 20.5. The molecule has 2 heterocycles. The van der Waals surface area contributed by atoms with E-state index >= 15 is 0 Å². The Labute approximate surface area is 179 Å². The number of esters is 1. The van der Waals surface area contributed by atoms with E-state index in [2.05, 4.69) is 10.3 Å². The Morgan fingerprint density at radius 3 is 2.74 bits per heavy atom. The summed E-state index contributed by atoms with van der Waals surface area (Å²) < 4.78 is 16.1. The van der Waals surface area contributed by atoms with Gasteiger partial charge in [0.25, 0.3) is 6.01 Å². The molecule has 4 rings (SSSR count). The second kappa shape index (κ2) is 9.34. The molecular formula is C23H23N3O5. The van der Waals surface area contributed by atoms with E-state index in [1.165, 1.54) is 13.4 Å². The summed E-state index contributed by atoms with van der Waals surface area (Å²) in [5, 5.41) is 3.11. The van der Waals surface area contributed by atoms with Crippen LogP contribution in [0.25, 0.3) is 0 Å². The van der Waals surface area contributed by atoms with Crippen LogP contribution in [-0.4, -0.2) is 35.4 Å². The Bertz CT molecular complexity index is 1050. The molecular weight excluding hydrogens is 398 g/mol. The Morgan fingerprint density at radius 2 is 2.06 bits per heavy atom. The molecule has 0 spiro atoms. The number of aromatic nitrogens is 1. The molecule has 160 valence electrons. The standard InChI is InChI=1S/C23H23N3O5/c1-29-22(28)17-6-8-19(9-7-17)31-20-13-16(14-25-23-24-10-12-30-23)4-5-18(20)15-26-11-2-3-21(26)27/h4-10,12-13H,2-3,11,14-15H2,1H3,(H,24,25). The number of nitrogens with one attached hydrogen (secondary N) is 1. The van der Waals surface area contributed by atoms with Crippen molar-refractivity contribution in [2.75, 3.05) is 19.0 Å². The van der Waals surface area contributed by atoms with Crippen LogP contribution in [0.15, 0.2) is 59.3 Å². The predicted molar refractivity (Wildman–Crippen MR) is 113 cm³/mol. The average molecular weight is 421 g/mol. The minimum atomic E-state index is -0.403. The largest absolute Gasteiger partial charge is 0.465 e. The van der Waals surface area contributed by atoms with Gasteiger partial charge in [0, 0.05) is 31.6 Å². The second-order valence-corrected chi connectivity index (χ2v) is 7.17. The number of oxazole rings is 1. The van der Waals surface area contributed by atoms with E-state index in [1.807, 2.05) is 23.1 Å². The molecule has 3 aromatic rings. The van der Waals surface area contributed by atoms with Gasteiger partial charge in [0.15, 0.2) is 0 Å². The van der Waals surface area contributed by atoms with Crippen LogP contribution in [0.4, 0.5) is 6.01 Å². The van der Waals surface area contributed by atoms with E-state index in [4.69, 9.17) is 13.9 Å². The first-order valence-corrected chi connectivity index (χ1v) is 10.0. The molecule has 1 N–H and O–H groups in total. The number of rotatable bonds is 8. The Morgan fingerprint density at radius 1 is 1.23 bits per heavy atom. The molecule has 8 nitrogen and oxygen atoms in total. The lowest BCUT2D eigenvalue weighted by atomic mass is 10.1. The van der Waals surface area contributed by atoms with Crippen molar-refractivity contribution in [3.63, 3.8) is 0 Å². The average Bonchev–Trinajstić information content (AvgIpc) is 3.46. The van der Waals surface area contributed by atoms with Gasteiger partial charge in [0.1, 0.15) is 17.8 Å². The fourth-order valence-corrected chi connectivity index (χ4v) is 3.40. The van der Waals surface area contributed by atoms with Gasteiger partial charge >= 0.3 is 5.97 Å². The van der Waals surface area contributed by atoms with E-state index in [1.54, 1.807) is 30.5 Å². The second-order valence-electron chi connectivity index (χ2n) is 7.17. The van der Waals surface area contributed by atoms with Crippen LogP contribution < -0.4 is 10.1 Å². The predicted octanol–water partition coefficient (Wildman–Crippen LogP) is 3.99. The molecule has 1 aliphatic rings. The SMILES string of the molecule is COC(=O)c1ccc(Oc2cc(CNc3ncco3)ccc2CN2CCCC2=O)cc1. The fourth-order valence-electron chi connectivity index (χ4n) is 3.40. The van der Waals surface area contributed by atoms with Gasteiger partial charge in [-0.2, -0.15) is 0 Å². The monoisotopic (exact) mass is 421 g/mol. The molecule has 0 radical (unpaired) electrons. The molecule has 0 bridgehead atoms. The number of hydrogen-bond donors (Lipinski definition) is 1. The molecule has 8 heteroatoms. The lowest BCUT2D eigenvalue weighted by Crippen LogP contribution is -2.24. The van der Waals surface area contributed by atoms with Gasteiger partial charge in [0.2, 0.25) is 5.91 Å². The number of nitrogens with zero attached hydrogens (tertiary/aromatic N) is 2. The van der Waals surface area contributed by atoms with Crippen molar-refractivity contribution >= 4 is 17.9 Å². The Kier molecular flexibility index (Phi) is 6.16. The maximum atomic E-state index is 12.1. The molecule has 0 aliphatic carbocycles. The number of carbonyl (C=O) groups is 2. The number of methoxy groups -OCH3 is 1. The fraction of sp³-hybridized carbons (Fsp3) is 0.261. The molecule has 1 amide bonds. The van der Waals surface area contributed by atoms with Gasteiger partial charge in [-0.1, -0.05) is 12.1 Å². The van der Waals surface area contributed by atoms with Gasteiger partial charge in [-0.15, -0.1) is 0 Å². The minimum absolute atomic E-state index is 0.156. The first-order chi connectivity index (χ1) is 15.1. The minimum Gasteiger partial charge on any atom is -0.465 e. The lowest BCUT2D eigenvalue weighted by molar-refractivity contribution is -0.128. The lowest BCUT2D eigenvalue weighted by Gasteiger charge is -2.19. The highest BCUT2D eigenvalue weighted by Gasteiger charge is 2.22. The van der Waals surface area contributed by atoms with Gasteiger partial charge in [-0.3, -0.25) is 4.79 Å². The maximum Gasteiger partial charge on any atom is 0.337 e. The van der Waals surface area contributed by atoms with Crippen molar-refractivity contribution in [2.45, 2.75) is 25.9 Å². The number of likely N-dealkylation sites (tertiary alicyclic amines) is 1. The zero-order valence-corrected chi connectivity index (χ0v) is 17.2. The van der Waals surface area contributed by atoms with E-state index in [9.17, 15) is 9.59 Å². The molecule has 1 aliphatic heterocycles. The third-order valence-corrected chi connectivity index (χ3v) is 5.04. The van der Waals surface area contributed by atoms with Crippen molar-refractivity contribution in [3.05, 3.63) is 71.6 Å². The molecule has 2 aromatic carbocycles. The van der Waals surface area contributed by atoms with Gasteiger partial charge < -0.3 is 24.1 Å². The van der Waals surface area contributed by atoms with Crippen molar-refractivity contribution in [2.24, 2.45) is 0 Å². The summed E-state index contributed by atoms with van der Waals surface area (Å²) in [7, 11) is 1.34. The molecule has 0 atom stereocenters. The molecule has 1 fully saturated rings. The quantitative estimate of drug-likeness (QED) is 0.550. The van der Waals surface area contributed by atoms with Crippen LogP contribution in [0.3, 0.4) is 0 Å². The third-order valence-electron chi connectivity index (χ3n) is 5.04. The molecule has 0 saturated carbocycles. The van der Waals surface area contributed by atoms with Crippen molar-refractivity contribution < 1.29 is 23.5 Å². The van der Waals surface area contributed by atoms with E-state index in [0.29, 0.717) is 42.6 Å². The van der Waals surface area contributed by atoms with E-state index in [0.717, 1.165) is 24.1 Å². The number of hydrogen-bond acceptors (Lipinski definition) is 7. The number of benzene rings is 2. The summed E-state index contributed by atoms with van der Waals surface area (Å²) in [6.45, 7) is 1.74. The van der Waals surface area contributed by atoms with Gasteiger partial charge in [-0.05, 0) is 42.3 Å². The summed E-state index contributed by atoms with van der Waals surface area (Å²) in [5.41, 5.74) is 2.32. The summed E-state index contributed by atoms with van der Waals surface area (Å²) >= 11 is 0. The highest BCUT2D eigenvalue weighted by atomic mass is 16.5. The molecule has 31 heavy (non-hydrogen) atoms. The summed E-state index contributed by atoms with van der Waals surface area (Å²) in [6, 6.07) is 13.1. The zero-order chi connectivity index (χ0) is 21.6. The van der Waals surface area contributed by atoms with Gasteiger partial charge in [0.05, 0.1) is 18.9 Å². The third kappa shape index (κ3) is 5.03. The van der Waals surface area contributed by atoms with Crippen LogP contribution in [0, 0.1) is 0 Å². The Hall–Kier alpha value is -3.81. The molecule has 1 aromatic heterocycles. The van der Waals surface area contributed by atoms with E-state index in [-0.39, 0.29) is 5.91 Å². The number of carbonyl (C=O) groups excluding carboxylic acids is 2. The topological polar surface area (TPSA) is 93.9 Å². The number of anilines is 1. The summed E-state index contributed by atoms with van der Waals surface area (Å²) in [4.78, 5) is 29.6. The van der Waals surface area contributed by atoms with Crippen LogP contribution in [0.5, 0.6) is 11.5 Å². The highest BCUT2D eigenvalue weighted by molar-refractivity contribution is 5.89. The molecule has 0 unspecified atom stereocenters. The van der Waals surface area contributed by atoms with Crippen molar-refractivity contribution in [3.8, 4) is 11.5 Å². The van der Waals surface area contributed by atoms with Gasteiger partial charge in [-0.25, -0.2) is 9.78 Å². The Balaban J connectivity index is 1.55. The highest BCUT2D eigenvalue weighted by Crippen LogP contribution is 2.29. The number of ether oxygens (including phenoxy) is 2. The smallest absolute Gasteiger partial charge is 0.337 e. The van der Waals surface area contributed by atoms with Crippen LogP contribution in [-0.2, 0) is 22.6 Å². The van der Waals surface area contributed by atoms with Crippen molar-refractivity contribution in [1.82, 2.24) is 9.88 Å². The maximum absolute atomic E-state index is 12.1. The summed E-state index contributed by atoms with van der Waals surface area (Å²) in [5.74, 6) is 0.985. The first-order valence-electron chi connectivity index (χ1n) is 10.0. The zero-order valence-electron chi connectivity index (χ0n) is 17.2. The van der Waals surface area contributed by atoms with Crippen LogP contribution in [0.1, 0.15) is 34.3 Å². The van der Waals surface area contributed by atoms with E-state index < -0.39 is 5.97 Å². The van der Waals surface area contributed by atoms with Crippen LogP contribution >= 0.6 is 0 Å². The molecule has 1 saturated heterocycles.